The minimum Gasteiger partial charge on any atom is -0.345 e. The van der Waals surface area contributed by atoms with Crippen LogP contribution in [0, 0.1) is 0 Å². The van der Waals surface area contributed by atoms with Gasteiger partial charge in [0.15, 0.2) is 0 Å². The second-order valence-corrected chi connectivity index (χ2v) is 10.0. The molecule has 3 rings (SSSR count). The summed E-state index contributed by atoms with van der Waals surface area (Å²) in [7, 11) is -0.658. The van der Waals surface area contributed by atoms with Crippen molar-refractivity contribution in [2.45, 2.75) is 17.4 Å². The van der Waals surface area contributed by atoms with Crippen molar-refractivity contribution in [1.82, 2.24) is 9.62 Å². The quantitative estimate of drug-likeness (QED) is 0.502. The number of sulfonamides is 1. The number of nitrogens with one attached hydrogen (secondary N) is 2. The Kier molecular flexibility index (Phi) is 7.86. The highest BCUT2D eigenvalue weighted by Gasteiger charge is 2.21. The van der Waals surface area contributed by atoms with Gasteiger partial charge in [0, 0.05) is 19.8 Å². The van der Waals surface area contributed by atoms with Gasteiger partial charge in [0.25, 0.3) is 5.91 Å². The van der Waals surface area contributed by atoms with Gasteiger partial charge in [-0.25, -0.2) is 12.7 Å². The molecular formula is C24H24ClN3O4S. The summed E-state index contributed by atoms with van der Waals surface area (Å²) < 4.78 is 25.5. The first kappa shape index (κ1) is 24.4. The predicted molar refractivity (Wildman–Crippen MR) is 129 cm³/mol. The summed E-state index contributed by atoms with van der Waals surface area (Å²) >= 11 is 6.14. The van der Waals surface area contributed by atoms with E-state index in [4.69, 9.17) is 11.6 Å². The zero-order valence-corrected chi connectivity index (χ0v) is 19.7. The van der Waals surface area contributed by atoms with E-state index in [9.17, 15) is 18.0 Å². The van der Waals surface area contributed by atoms with Crippen LogP contribution in [-0.4, -0.2) is 38.6 Å². The molecule has 2 N–H and O–H groups in total. The maximum absolute atomic E-state index is 12.8. The lowest BCUT2D eigenvalue weighted by Gasteiger charge is -2.19. The van der Waals surface area contributed by atoms with E-state index in [0.717, 1.165) is 9.87 Å². The fourth-order valence-electron chi connectivity index (χ4n) is 3.14. The number of amides is 2. The van der Waals surface area contributed by atoms with Crippen LogP contribution in [0.5, 0.6) is 0 Å². The molecular weight excluding hydrogens is 462 g/mol. The fraction of sp³-hybridized carbons (Fsp3) is 0.167. The Balaban J connectivity index is 1.74. The van der Waals surface area contributed by atoms with Crippen LogP contribution in [0.3, 0.4) is 0 Å². The Labute approximate surface area is 198 Å². The second kappa shape index (κ2) is 10.6. The molecule has 0 aromatic heterocycles. The van der Waals surface area contributed by atoms with Gasteiger partial charge in [0.05, 0.1) is 27.9 Å². The van der Waals surface area contributed by atoms with Crippen molar-refractivity contribution in [3.8, 4) is 0 Å². The molecule has 0 radical (unpaired) electrons. The highest BCUT2D eigenvalue weighted by atomic mass is 35.5. The Morgan fingerprint density at radius 3 is 2.12 bits per heavy atom. The molecule has 0 aliphatic rings. The SMILES string of the molecule is CN(C)S(=O)(=O)c1ccc(NC(=O)CC(NC(=O)c2ccccc2Cl)c2ccccc2)cc1. The number of nitrogens with zero attached hydrogens (tertiary/aromatic N) is 1. The zero-order chi connectivity index (χ0) is 24.0. The number of hydrogen-bond donors (Lipinski definition) is 2. The van der Waals surface area contributed by atoms with E-state index in [1.807, 2.05) is 30.3 Å². The molecule has 0 aliphatic carbocycles. The third-order valence-corrected chi connectivity index (χ3v) is 7.09. The van der Waals surface area contributed by atoms with E-state index >= 15 is 0 Å². The highest BCUT2D eigenvalue weighted by molar-refractivity contribution is 7.89. The maximum Gasteiger partial charge on any atom is 0.253 e. The van der Waals surface area contributed by atoms with Gasteiger partial charge in [-0.2, -0.15) is 0 Å². The Hall–Kier alpha value is -3.20. The van der Waals surface area contributed by atoms with Gasteiger partial charge < -0.3 is 10.6 Å². The van der Waals surface area contributed by atoms with Crippen molar-refractivity contribution in [3.63, 3.8) is 0 Å². The first-order valence-corrected chi connectivity index (χ1v) is 11.9. The predicted octanol–water partition coefficient (Wildman–Crippen LogP) is 4.09. The zero-order valence-electron chi connectivity index (χ0n) is 18.2. The van der Waals surface area contributed by atoms with Gasteiger partial charge >= 0.3 is 0 Å². The number of rotatable bonds is 8. The number of anilines is 1. The lowest BCUT2D eigenvalue weighted by molar-refractivity contribution is -0.116. The van der Waals surface area contributed by atoms with Gasteiger partial charge in [-0.05, 0) is 42.0 Å². The molecule has 0 aliphatic heterocycles. The average molecular weight is 486 g/mol. The summed E-state index contributed by atoms with van der Waals surface area (Å²) in [4.78, 5) is 25.7. The van der Waals surface area contributed by atoms with Gasteiger partial charge in [-0.1, -0.05) is 54.1 Å². The van der Waals surface area contributed by atoms with Crippen molar-refractivity contribution >= 4 is 39.1 Å². The summed E-state index contributed by atoms with van der Waals surface area (Å²) in [5.41, 5.74) is 1.53. The number of hydrogen-bond acceptors (Lipinski definition) is 4. The van der Waals surface area contributed by atoms with Crippen LogP contribution in [0.2, 0.25) is 5.02 Å². The van der Waals surface area contributed by atoms with Crippen LogP contribution in [0.15, 0.2) is 83.8 Å². The first-order valence-electron chi connectivity index (χ1n) is 10.1. The monoisotopic (exact) mass is 485 g/mol. The van der Waals surface area contributed by atoms with Gasteiger partial charge in [0.1, 0.15) is 0 Å². The molecule has 0 heterocycles. The van der Waals surface area contributed by atoms with Crippen LogP contribution in [-0.2, 0) is 14.8 Å². The van der Waals surface area contributed by atoms with Gasteiger partial charge in [0.2, 0.25) is 15.9 Å². The van der Waals surface area contributed by atoms with E-state index in [2.05, 4.69) is 10.6 Å². The van der Waals surface area contributed by atoms with Crippen LogP contribution in [0.4, 0.5) is 5.69 Å². The summed E-state index contributed by atoms with van der Waals surface area (Å²) in [6.45, 7) is 0. The Bertz CT molecular complexity index is 1230. The molecule has 0 spiro atoms. The molecule has 2 amide bonds. The highest BCUT2D eigenvalue weighted by Crippen LogP contribution is 2.22. The second-order valence-electron chi connectivity index (χ2n) is 7.48. The molecule has 33 heavy (non-hydrogen) atoms. The average Bonchev–Trinajstić information content (AvgIpc) is 2.79. The molecule has 0 saturated heterocycles. The molecule has 172 valence electrons. The van der Waals surface area contributed by atoms with Gasteiger partial charge in [-0.15, -0.1) is 0 Å². The third-order valence-electron chi connectivity index (χ3n) is 4.93. The van der Waals surface area contributed by atoms with Crippen molar-refractivity contribution in [1.29, 1.82) is 0 Å². The number of halogens is 1. The lowest BCUT2D eigenvalue weighted by atomic mass is 10.0. The number of carbonyl (C=O) groups is 2. The van der Waals surface area contributed by atoms with Crippen molar-refractivity contribution in [2.24, 2.45) is 0 Å². The topological polar surface area (TPSA) is 95.6 Å². The van der Waals surface area contributed by atoms with E-state index in [0.29, 0.717) is 16.3 Å². The molecule has 1 atom stereocenters. The van der Waals surface area contributed by atoms with E-state index in [-0.39, 0.29) is 23.1 Å². The van der Waals surface area contributed by atoms with Crippen LogP contribution >= 0.6 is 11.6 Å². The van der Waals surface area contributed by atoms with Crippen LogP contribution in [0.25, 0.3) is 0 Å². The molecule has 7 nitrogen and oxygen atoms in total. The van der Waals surface area contributed by atoms with Crippen LogP contribution < -0.4 is 10.6 Å². The molecule has 1 unspecified atom stereocenters. The fourth-order valence-corrected chi connectivity index (χ4v) is 4.26. The summed E-state index contributed by atoms with van der Waals surface area (Å²) in [5, 5.41) is 5.95. The summed E-state index contributed by atoms with van der Waals surface area (Å²) in [6.07, 6.45) is -0.0298. The molecule has 3 aromatic rings. The van der Waals surface area contributed by atoms with Crippen molar-refractivity contribution in [3.05, 3.63) is 95.0 Å². The number of carbonyl (C=O) groups excluding carboxylic acids is 2. The minimum atomic E-state index is -3.56. The largest absolute Gasteiger partial charge is 0.345 e. The Morgan fingerprint density at radius 2 is 1.52 bits per heavy atom. The summed E-state index contributed by atoms with van der Waals surface area (Å²) in [5.74, 6) is -0.730. The third kappa shape index (κ3) is 6.19. The normalized spacial score (nSPS) is 12.2. The maximum atomic E-state index is 12.8. The standard InChI is InChI=1S/C24H24ClN3O4S/c1-28(2)33(31,32)19-14-12-18(13-15-19)26-23(29)16-22(17-8-4-3-5-9-17)27-24(30)20-10-6-7-11-21(20)25/h3-15,22H,16H2,1-2H3,(H,26,29)(H,27,30). The lowest BCUT2D eigenvalue weighted by Crippen LogP contribution is -2.31. The smallest absolute Gasteiger partial charge is 0.253 e. The molecule has 9 heteroatoms. The van der Waals surface area contributed by atoms with Gasteiger partial charge in [-0.3, -0.25) is 9.59 Å². The Morgan fingerprint density at radius 1 is 0.909 bits per heavy atom. The minimum absolute atomic E-state index is 0.0298. The number of benzene rings is 3. The molecule has 0 saturated carbocycles. The molecule has 3 aromatic carbocycles. The van der Waals surface area contributed by atoms with E-state index < -0.39 is 16.1 Å². The molecule has 0 fully saturated rings. The van der Waals surface area contributed by atoms with Crippen molar-refractivity contribution in [2.75, 3.05) is 19.4 Å². The first-order chi connectivity index (χ1) is 15.7. The van der Waals surface area contributed by atoms with Crippen LogP contribution in [0.1, 0.15) is 28.4 Å². The van der Waals surface area contributed by atoms with Crippen molar-refractivity contribution < 1.29 is 18.0 Å². The van der Waals surface area contributed by atoms with E-state index in [1.165, 1.54) is 38.4 Å². The summed E-state index contributed by atoms with van der Waals surface area (Å²) in [6, 6.07) is 21.1. The molecule has 0 bridgehead atoms. The van der Waals surface area contributed by atoms with E-state index in [1.54, 1.807) is 24.3 Å².